The number of pyridine rings is 1. The van der Waals surface area contributed by atoms with Crippen molar-refractivity contribution in [2.75, 3.05) is 13.1 Å². The van der Waals surface area contributed by atoms with Crippen LogP contribution >= 0.6 is 0 Å². The molecule has 1 saturated heterocycles. The van der Waals surface area contributed by atoms with Crippen molar-refractivity contribution >= 4 is 16.7 Å². The van der Waals surface area contributed by atoms with E-state index in [1.165, 1.54) is 6.42 Å². The van der Waals surface area contributed by atoms with Gasteiger partial charge in [0.1, 0.15) is 0 Å². The van der Waals surface area contributed by atoms with Crippen LogP contribution in [0.25, 0.3) is 10.9 Å². The van der Waals surface area contributed by atoms with Crippen LogP contribution in [0.3, 0.4) is 0 Å². The Morgan fingerprint density at radius 2 is 2.32 bits per heavy atom. The van der Waals surface area contributed by atoms with E-state index in [1.54, 1.807) is 6.20 Å². The number of nitrogens with zero attached hydrogens (tertiary/aromatic N) is 1. The first-order chi connectivity index (χ1) is 9.33. The third-order valence-corrected chi connectivity index (χ3v) is 3.87. The van der Waals surface area contributed by atoms with Crippen LogP contribution in [0, 0.1) is 5.92 Å². The molecule has 0 bridgehead atoms. The molecule has 0 saturated carbocycles. The molecule has 1 aromatic heterocycles. The highest BCUT2D eigenvalue weighted by atomic mass is 16.1. The van der Waals surface area contributed by atoms with Gasteiger partial charge in [-0.2, -0.15) is 0 Å². The minimum atomic E-state index is 0.248. The highest BCUT2D eigenvalue weighted by Gasteiger charge is 2.16. The summed E-state index contributed by atoms with van der Waals surface area (Å²) in [6.07, 6.45) is 4.63. The number of fused-ring (bicyclic) bond motifs is 1. The fraction of sp³-hybridized carbons (Fsp3) is 0.375. The number of hydrogen-bond donors (Lipinski definition) is 1. The minimum Gasteiger partial charge on any atom is -0.316 e. The van der Waals surface area contributed by atoms with Crippen molar-refractivity contribution in [3.8, 4) is 0 Å². The third kappa shape index (κ3) is 2.82. The highest BCUT2D eigenvalue weighted by Crippen LogP contribution is 2.19. The molecule has 1 aromatic carbocycles. The average Bonchev–Trinajstić information content (AvgIpc) is 2.97. The molecule has 0 radical (unpaired) electrons. The van der Waals surface area contributed by atoms with Crippen LogP contribution in [-0.2, 0) is 0 Å². The number of benzene rings is 1. The molecule has 3 rings (SSSR count). The lowest BCUT2D eigenvalue weighted by Crippen LogP contribution is -2.10. The Balaban J connectivity index is 1.70. The van der Waals surface area contributed by atoms with Crippen molar-refractivity contribution in [1.29, 1.82) is 0 Å². The number of rotatable bonds is 4. The van der Waals surface area contributed by atoms with E-state index >= 15 is 0 Å². The molecule has 1 unspecified atom stereocenters. The predicted molar refractivity (Wildman–Crippen MR) is 76.3 cm³/mol. The Hall–Kier alpha value is -1.74. The zero-order valence-corrected chi connectivity index (χ0v) is 10.9. The van der Waals surface area contributed by atoms with Gasteiger partial charge in [0.2, 0.25) is 0 Å². The number of nitrogens with one attached hydrogen (secondary N) is 1. The monoisotopic (exact) mass is 254 g/mol. The van der Waals surface area contributed by atoms with Crippen molar-refractivity contribution < 1.29 is 4.79 Å². The van der Waals surface area contributed by atoms with Gasteiger partial charge in [0.15, 0.2) is 5.78 Å². The molecule has 2 aromatic rings. The topological polar surface area (TPSA) is 42.0 Å². The average molecular weight is 254 g/mol. The second-order valence-electron chi connectivity index (χ2n) is 5.23. The van der Waals surface area contributed by atoms with Crippen LogP contribution in [0.5, 0.6) is 0 Å². The minimum absolute atomic E-state index is 0.248. The summed E-state index contributed by atoms with van der Waals surface area (Å²) in [6.45, 7) is 2.16. The molecule has 3 heteroatoms. The van der Waals surface area contributed by atoms with Crippen LogP contribution in [0.15, 0.2) is 36.5 Å². The molecule has 1 aliphatic heterocycles. The van der Waals surface area contributed by atoms with E-state index in [0.717, 1.165) is 36.0 Å². The van der Waals surface area contributed by atoms with Gasteiger partial charge in [-0.05, 0) is 56.1 Å². The first-order valence-corrected chi connectivity index (χ1v) is 6.91. The Kier molecular flexibility index (Phi) is 3.56. The van der Waals surface area contributed by atoms with Crippen molar-refractivity contribution in [1.82, 2.24) is 10.3 Å². The largest absolute Gasteiger partial charge is 0.316 e. The predicted octanol–water partition coefficient (Wildman–Crippen LogP) is 2.81. The summed E-state index contributed by atoms with van der Waals surface area (Å²) < 4.78 is 0. The summed E-state index contributed by atoms with van der Waals surface area (Å²) in [5.41, 5.74) is 1.76. The molecule has 0 amide bonds. The lowest BCUT2D eigenvalue weighted by molar-refractivity contribution is 0.0975. The summed E-state index contributed by atoms with van der Waals surface area (Å²) in [6, 6.07) is 9.68. The molecular weight excluding hydrogens is 236 g/mol. The number of carbonyl (C=O) groups is 1. The number of hydrogen-bond acceptors (Lipinski definition) is 3. The zero-order chi connectivity index (χ0) is 13.1. The molecule has 19 heavy (non-hydrogen) atoms. The van der Waals surface area contributed by atoms with Gasteiger partial charge in [-0.1, -0.05) is 6.07 Å². The summed E-state index contributed by atoms with van der Waals surface area (Å²) >= 11 is 0. The SMILES string of the molecule is O=C(CCC1CCNC1)c1ccc2ncccc2c1. The summed E-state index contributed by atoms with van der Waals surface area (Å²) in [4.78, 5) is 16.5. The van der Waals surface area contributed by atoms with Gasteiger partial charge in [-0.3, -0.25) is 9.78 Å². The Labute approximate surface area is 113 Å². The van der Waals surface area contributed by atoms with E-state index in [-0.39, 0.29) is 5.78 Å². The maximum absolute atomic E-state index is 12.2. The van der Waals surface area contributed by atoms with Crippen LogP contribution in [0.2, 0.25) is 0 Å². The van der Waals surface area contributed by atoms with E-state index in [9.17, 15) is 4.79 Å². The van der Waals surface area contributed by atoms with Gasteiger partial charge in [0, 0.05) is 23.6 Å². The van der Waals surface area contributed by atoms with Crippen molar-refractivity contribution in [3.05, 3.63) is 42.1 Å². The Morgan fingerprint density at radius 1 is 1.37 bits per heavy atom. The molecule has 2 heterocycles. The second-order valence-corrected chi connectivity index (χ2v) is 5.23. The molecule has 1 N–H and O–H groups in total. The fourth-order valence-electron chi connectivity index (χ4n) is 2.69. The van der Waals surface area contributed by atoms with E-state index in [4.69, 9.17) is 0 Å². The number of carbonyl (C=O) groups excluding carboxylic acids is 1. The third-order valence-electron chi connectivity index (χ3n) is 3.87. The molecule has 1 fully saturated rings. The van der Waals surface area contributed by atoms with Crippen molar-refractivity contribution in [2.24, 2.45) is 5.92 Å². The lowest BCUT2D eigenvalue weighted by Gasteiger charge is -2.07. The first-order valence-electron chi connectivity index (χ1n) is 6.91. The lowest BCUT2D eigenvalue weighted by atomic mass is 9.97. The van der Waals surface area contributed by atoms with E-state index < -0.39 is 0 Å². The van der Waals surface area contributed by atoms with Crippen LogP contribution in [-0.4, -0.2) is 23.9 Å². The van der Waals surface area contributed by atoms with Gasteiger partial charge < -0.3 is 5.32 Å². The molecule has 1 aliphatic rings. The molecule has 98 valence electrons. The number of ketones is 1. The summed E-state index contributed by atoms with van der Waals surface area (Å²) in [5, 5.41) is 4.38. The van der Waals surface area contributed by atoms with Gasteiger partial charge >= 0.3 is 0 Å². The maximum Gasteiger partial charge on any atom is 0.162 e. The normalized spacial score (nSPS) is 18.8. The van der Waals surface area contributed by atoms with Crippen molar-refractivity contribution in [3.63, 3.8) is 0 Å². The molecular formula is C16H18N2O. The molecule has 1 atom stereocenters. The smallest absolute Gasteiger partial charge is 0.162 e. The van der Waals surface area contributed by atoms with E-state index in [2.05, 4.69) is 10.3 Å². The first kappa shape index (κ1) is 12.3. The van der Waals surface area contributed by atoms with Crippen LogP contribution < -0.4 is 5.32 Å². The quantitative estimate of drug-likeness (QED) is 0.853. The van der Waals surface area contributed by atoms with Crippen molar-refractivity contribution in [2.45, 2.75) is 19.3 Å². The Bertz CT molecular complexity index is 588. The molecule has 0 aliphatic carbocycles. The number of Topliss-reactive ketones (excluding diaryl/α,β-unsaturated/α-hetero) is 1. The van der Waals surface area contributed by atoms with Crippen LogP contribution in [0.1, 0.15) is 29.6 Å². The van der Waals surface area contributed by atoms with Gasteiger partial charge in [-0.25, -0.2) is 0 Å². The summed E-state index contributed by atoms with van der Waals surface area (Å²) in [7, 11) is 0. The van der Waals surface area contributed by atoms with Gasteiger partial charge in [0.25, 0.3) is 0 Å². The number of aromatic nitrogens is 1. The maximum atomic E-state index is 12.2. The Morgan fingerprint density at radius 3 is 3.16 bits per heavy atom. The molecule has 0 spiro atoms. The summed E-state index contributed by atoms with van der Waals surface area (Å²) in [5.74, 6) is 0.920. The zero-order valence-electron chi connectivity index (χ0n) is 10.9. The fourth-order valence-corrected chi connectivity index (χ4v) is 2.69. The molecule has 3 nitrogen and oxygen atoms in total. The van der Waals surface area contributed by atoms with Gasteiger partial charge in [-0.15, -0.1) is 0 Å². The van der Waals surface area contributed by atoms with E-state index in [1.807, 2.05) is 30.3 Å². The second kappa shape index (κ2) is 5.49. The van der Waals surface area contributed by atoms with E-state index in [0.29, 0.717) is 12.3 Å². The van der Waals surface area contributed by atoms with Crippen LogP contribution in [0.4, 0.5) is 0 Å². The standard InChI is InChI=1S/C16H18N2O/c19-16(6-3-12-7-9-17-11-12)14-4-5-15-13(10-14)2-1-8-18-15/h1-2,4-5,8,10,12,17H,3,6-7,9,11H2. The van der Waals surface area contributed by atoms with Gasteiger partial charge in [0.05, 0.1) is 5.52 Å². The highest BCUT2D eigenvalue weighted by molar-refractivity contribution is 5.99.